The second kappa shape index (κ2) is 4.34. The first-order chi connectivity index (χ1) is 8.38. The van der Waals surface area contributed by atoms with Gasteiger partial charge in [-0.3, -0.25) is 0 Å². The fourth-order valence-electron chi connectivity index (χ4n) is 2.33. The van der Waals surface area contributed by atoms with Crippen LogP contribution in [0.3, 0.4) is 0 Å². The summed E-state index contributed by atoms with van der Waals surface area (Å²) in [5.41, 5.74) is 5.21. The van der Waals surface area contributed by atoms with E-state index in [1.165, 1.54) is 16.8 Å². The summed E-state index contributed by atoms with van der Waals surface area (Å²) in [5, 5.41) is 7.90. The molecule has 0 saturated heterocycles. The van der Waals surface area contributed by atoms with Gasteiger partial charge in [0.15, 0.2) is 0 Å². The van der Waals surface area contributed by atoms with Crippen molar-refractivity contribution < 1.29 is 0 Å². The van der Waals surface area contributed by atoms with Gasteiger partial charge in [0, 0.05) is 6.54 Å². The van der Waals surface area contributed by atoms with Crippen LogP contribution in [0.5, 0.6) is 0 Å². The van der Waals surface area contributed by atoms with Crippen molar-refractivity contribution in [1.82, 2.24) is 15.1 Å². The molecule has 1 aromatic heterocycles. The average molecular weight is 227 g/mol. The molecule has 1 aliphatic rings. The topological polar surface area (TPSA) is 29.9 Å². The Morgan fingerprint density at radius 2 is 2.12 bits per heavy atom. The third-order valence-corrected chi connectivity index (χ3v) is 3.41. The maximum Gasteiger partial charge on any atom is 0.0649 e. The number of nitrogens with one attached hydrogen (secondary N) is 1. The Kier molecular flexibility index (Phi) is 2.69. The quantitative estimate of drug-likeness (QED) is 0.851. The molecule has 0 radical (unpaired) electrons. The van der Waals surface area contributed by atoms with Crippen molar-refractivity contribution in [3.05, 3.63) is 47.3 Å². The molecule has 3 nitrogen and oxygen atoms in total. The number of hydrogen-bond acceptors (Lipinski definition) is 2. The molecule has 88 valence electrons. The molecule has 0 saturated carbocycles. The molecule has 1 aliphatic heterocycles. The van der Waals surface area contributed by atoms with Crippen LogP contribution in [0.15, 0.2) is 30.5 Å². The molecule has 0 spiro atoms. The first-order valence-electron chi connectivity index (χ1n) is 6.24. The van der Waals surface area contributed by atoms with Gasteiger partial charge < -0.3 is 5.32 Å². The fourth-order valence-corrected chi connectivity index (χ4v) is 2.33. The van der Waals surface area contributed by atoms with Crippen LogP contribution in [0.1, 0.15) is 23.7 Å². The number of aryl methyl sites for hydroxylation is 1. The van der Waals surface area contributed by atoms with Crippen LogP contribution < -0.4 is 5.32 Å². The molecule has 0 atom stereocenters. The molecule has 0 amide bonds. The first-order valence-corrected chi connectivity index (χ1v) is 6.24. The number of rotatable bonds is 2. The van der Waals surface area contributed by atoms with E-state index in [0.29, 0.717) is 0 Å². The minimum absolute atomic E-state index is 0.921. The van der Waals surface area contributed by atoms with Crippen molar-refractivity contribution in [3.8, 4) is 5.69 Å². The molecule has 3 heteroatoms. The molecule has 0 aliphatic carbocycles. The van der Waals surface area contributed by atoms with Crippen molar-refractivity contribution in [1.29, 1.82) is 0 Å². The van der Waals surface area contributed by atoms with Gasteiger partial charge in [0.2, 0.25) is 0 Å². The lowest BCUT2D eigenvalue weighted by Gasteiger charge is -2.15. The Balaban J connectivity index is 2.00. The van der Waals surface area contributed by atoms with Crippen LogP contribution in [-0.2, 0) is 19.4 Å². The number of benzene rings is 1. The third kappa shape index (κ3) is 1.87. The van der Waals surface area contributed by atoms with E-state index in [1.54, 1.807) is 0 Å². The zero-order valence-electron chi connectivity index (χ0n) is 10.1. The maximum atomic E-state index is 4.50. The molecular formula is C14H17N3. The maximum absolute atomic E-state index is 4.50. The van der Waals surface area contributed by atoms with E-state index < -0.39 is 0 Å². The van der Waals surface area contributed by atoms with Crippen LogP contribution >= 0.6 is 0 Å². The van der Waals surface area contributed by atoms with Crippen LogP contribution in [0.4, 0.5) is 0 Å². The summed E-state index contributed by atoms with van der Waals surface area (Å²) < 4.78 is 2.06. The minimum Gasteiger partial charge on any atom is -0.311 e. The van der Waals surface area contributed by atoms with Crippen molar-refractivity contribution in [2.75, 3.05) is 6.54 Å². The van der Waals surface area contributed by atoms with Gasteiger partial charge in [0.05, 0.1) is 17.6 Å². The Morgan fingerprint density at radius 3 is 2.88 bits per heavy atom. The normalized spacial score (nSPS) is 14.6. The lowest BCUT2D eigenvalue weighted by Crippen LogP contribution is -2.24. The van der Waals surface area contributed by atoms with Gasteiger partial charge in [0.1, 0.15) is 0 Å². The highest BCUT2D eigenvalue weighted by Gasteiger charge is 2.15. The predicted molar refractivity (Wildman–Crippen MR) is 68.4 cm³/mol. The van der Waals surface area contributed by atoms with E-state index in [0.717, 1.165) is 31.6 Å². The fraction of sp³-hybridized carbons (Fsp3) is 0.357. The second-order valence-corrected chi connectivity index (χ2v) is 4.48. The van der Waals surface area contributed by atoms with Crippen LogP contribution in [0.2, 0.25) is 0 Å². The molecular weight excluding hydrogens is 210 g/mol. The third-order valence-electron chi connectivity index (χ3n) is 3.41. The molecule has 0 bridgehead atoms. The van der Waals surface area contributed by atoms with E-state index in [-0.39, 0.29) is 0 Å². The second-order valence-electron chi connectivity index (χ2n) is 4.48. The van der Waals surface area contributed by atoms with E-state index in [2.05, 4.69) is 46.3 Å². The number of nitrogens with zero attached hydrogens (tertiary/aromatic N) is 2. The molecule has 1 aromatic carbocycles. The van der Waals surface area contributed by atoms with Crippen LogP contribution in [-0.4, -0.2) is 16.3 Å². The van der Waals surface area contributed by atoms with Gasteiger partial charge >= 0.3 is 0 Å². The van der Waals surface area contributed by atoms with Crippen LogP contribution in [0.25, 0.3) is 5.69 Å². The summed E-state index contributed by atoms with van der Waals surface area (Å²) in [4.78, 5) is 0. The molecule has 0 unspecified atom stereocenters. The summed E-state index contributed by atoms with van der Waals surface area (Å²) in [6.45, 7) is 4.16. The highest BCUT2D eigenvalue weighted by molar-refractivity contribution is 5.37. The number of aromatic nitrogens is 2. The minimum atomic E-state index is 0.921. The van der Waals surface area contributed by atoms with E-state index in [4.69, 9.17) is 0 Å². The van der Waals surface area contributed by atoms with Crippen molar-refractivity contribution >= 4 is 0 Å². The molecule has 1 N–H and O–H groups in total. The Hall–Kier alpha value is -1.61. The van der Waals surface area contributed by atoms with Gasteiger partial charge in [-0.05, 0) is 42.6 Å². The zero-order valence-corrected chi connectivity index (χ0v) is 10.1. The van der Waals surface area contributed by atoms with Gasteiger partial charge in [0.25, 0.3) is 0 Å². The number of hydrogen-bond donors (Lipinski definition) is 1. The summed E-state index contributed by atoms with van der Waals surface area (Å²) in [5.74, 6) is 0. The largest absolute Gasteiger partial charge is 0.311 e. The summed E-state index contributed by atoms with van der Waals surface area (Å²) in [6.07, 6.45) is 4.17. The molecule has 2 heterocycles. The highest BCUT2D eigenvalue weighted by Crippen LogP contribution is 2.18. The molecule has 17 heavy (non-hydrogen) atoms. The number of fused-ring (bicyclic) bond motifs is 1. The Bertz CT molecular complexity index is 511. The Morgan fingerprint density at radius 1 is 1.29 bits per heavy atom. The Labute approximate surface area is 101 Å². The van der Waals surface area contributed by atoms with Crippen molar-refractivity contribution in [3.63, 3.8) is 0 Å². The van der Waals surface area contributed by atoms with Crippen molar-refractivity contribution in [2.24, 2.45) is 0 Å². The lowest BCUT2D eigenvalue weighted by molar-refractivity contribution is 0.614. The van der Waals surface area contributed by atoms with Gasteiger partial charge in [-0.1, -0.05) is 19.1 Å². The summed E-state index contributed by atoms with van der Waals surface area (Å²) >= 11 is 0. The molecule has 3 rings (SSSR count). The van der Waals surface area contributed by atoms with Gasteiger partial charge in [-0.15, -0.1) is 0 Å². The standard InChI is InChI=1S/C14H17N3/c1-2-11-3-5-13(6-4-11)17-14-10-15-8-7-12(14)9-16-17/h3-6,9,15H,2,7-8,10H2,1H3. The van der Waals surface area contributed by atoms with Gasteiger partial charge in [-0.2, -0.15) is 5.10 Å². The molecule has 0 fully saturated rings. The highest BCUT2D eigenvalue weighted by atomic mass is 15.3. The van der Waals surface area contributed by atoms with Gasteiger partial charge in [-0.25, -0.2) is 4.68 Å². The first kappa shape index (κ1) is 10.5. The summed E-state index contributed by atoms with van der Waals surface area (Å²) in [6, 6.07) is 8.67. The van der Waals surface area contributed by atoms with Crippen molar-refractivity contribution in [2.45, 2.75) is 26.3 Å². The zero-order chi connectivity index (χ0) is 11.7. The van der Waals surface area contributed by atoms with Crippen LogP contribution in [0, 0.1) is 0 Å². The molecule has 2 aromatic rings. The lowest BCUT2D eigenvalue weighted by atomic mass is 10.1. The predicted octanol–water partition coefficient (Wildman–Crippen LogP) is 2.08. The monoisotopic (exact) mass is 227 g/mol. The SMILES string of the molecule is CCc1ccc(-n2ncc3c2CNCC3)cc1. The summed E-state index contributed by atoms with van der Waals surface area (Å²) in [7, 11) is 0. The van der Waals surface area contributed by atoms with E-state index in [1.807, 2.05) is 6.20 Å². The van der Waals surface area contributed by atoms with E-state index >= 15 is 0 Å². The average Bonchev–Trinajstić information content (AvgIpc) is 2.83. The smallest absolute Gasteiger partial charge is 0.0649 e. The van der Waals surface area contributed by atoms with E-state index in [9.17, 15) is 0 Å².